The Morgan fingerprint density at radius 2 is 1.80 bits per heavy atom. The second-order valence-corrected chi connectivity index (χ2v) is 9.07. The Bertz CT molecular complexity index is 1780. The van der Waals surface area contributed by atoms with Crippen LogP contribution >= 0.6 is 0 Å². The average Bonchev–Trinajstić information content (AvgIpc) is 3.31. The first kappa shape index (κ1) is 27.3. The fourth-order valence-electron chi connectivity index (χ4n) is 4.31. The molecule has 0 aliphatic heterocycles. The second kappa shape index (κ2) is 11.5. The van der Waals surface area contributed by atoms with Crippen LogP contribution in [0.4, 0.5) is 8.78 Å². The number of nitrogens with one attached hydrogen (secondary N) is 2. The number of aromatic nitrogens is 3. The lowest BCUT2D eigenvalue weighted by Crippen LogP contribution is -2.27. The van der Waals surface area contributed by atoms with Crippen LogP contribution in [0.15, 0.2) is 63.9 Å². The number of carbonyl (C=O) groups is 1. The Kier molecular flexibility index (Phi) is 7.64. The molecule has 0 fully saturated rings. The van der Waals surface area contributed by atoms with Crippen molar-refractivity contribution in [2.45, 2.75) is 19.9 Å². The quantitative estimate of drug-likeness (QED) is 0.240. The number of nitrogens with zero attached hydrogens (tertiary/aromatic N) is 2. The van der Waals surface area contributed by atoms with Crippen molar-refractivity contribution < 1.29 is 32.7 Å². The van der Waals surface area contributed by atoms with Crippen molar-refractivity contribution >= 4 is 16.8 Å². The molecule has 0 bridgehead atoms. The molecule has 0 aliphatic carbocycles. The zero-order valence-electron chi connectivity index (χ0n) is 22.0. The van der Waals surface area contributed by atoms with Crippen molar-refractivity contribution in [1.82, 2.24) is 20.4 Å². The van der Waals surface area contributed by atoms with Crippen molar-refractivity contribution in [3.05, 3.63) is 99.3 Å². The molecule has 12 heteroatoms. The molecule has 0 aliphatic rings. The molecule has 1 amide bonds. The average molecular weight is 563 g/mol. The van der Waals surface area contributed by atoms with Crippen LogP contribution in [0.3, 0.4) is 0 Å². The smallest absolute Gasteiger partial charge is 0.287 e. The van der Waals surface area contributed by atoms with E-state index in [1.165, 1.54) is 31.4 Å². The summed E-state index contributed by atoms with van der Waals surface area (Å²) in [6.07, 6.45) is 0.394. The third kappa shape index (κ3) is 5.71. The molecule has 0 spiro atoms. The number of hydrogen-bond donors (Lipinski definition) is 3. The highest BCUT2D eigenvalue weighted by Crippen LogP contribution is 2.32. The van der Waals surface area contributed by atoms with E-state index in [0.29, 0.717) is 23.3 Å². The summed E-state index contributed by atoms with van der Waals surface area (Å²) < 4.78 is 43.9. The van der Waals surface area contributed by atoms with Crippen molar-refractivity contribution in [3.8, 4) is 28.5 Å². The standard InChI is InChI=1S/C29H24F2N4O6/c1-15-23(28(37)35-41-15)18-6-3-16(4-7-18)11-12-40-25-20(31)9-10-21-24(25)27(36)34-26(33-21)29(38)32-14-17-5-8-19(30)22(13-17)39-2/h3-10,13H,11-12,14H2,1-2H3,(H,32,38)(H,35,37)(H,33,34,36). The van der Waals surface area contributed by atoms with Crippen molar-refractivity contribution in [1.29, 1.82) is 0 Å². The van der Waals surface area contributed by atoms with E-state index in [2.05, 4.69) is 20.4 Å². The lowest BCUT2D eigenvalue weighted by Gasteiger charge is -2.11. The van der Waals surface area contributed by atoms with Gasteiger partial charge in [0.2, 0.25) is 0 Å². The van der Waals surface area contributed by atoms with Gasteiger partial charge in [0.1, 0.15) is 11.1 Å². The lowest BCUT2D eigenvalue weighted by atomic mass is 10.0. The van der Waals surface area contributed by atoms with Crippen LogP contribution in [0.5, 0.6) is 17.4 Å². The largest absolute Gasteiger partial charge is 0.494 e. The number of fused-ring (bicyclic) bond motifs is 1. The molecule has 3 aromatic carbocycles. The van der Waals surface area contributed by atoms with Crippen molar-refractivity contribution in [3.63, 3.8) is 0 Å². The molecule has 0 radical (unpaired) electrons. The fraction of sp³-hybridized carbons (Fsp3) is 0.172. The highest BCUT2D eigenvalue weighted by atomic mass is 19.1. The maximum Gasteiger partial charge on any atom is 0.287 e. The Balaban J connectivity index is 1.28. The molecule has 5 rings (SSSR count). The minimum Gasteiger partial charge on any atom is -0.494 e. The zero-order valence-corrected chi connectivity index (χ0v) is 22.0. The van der Waals surface area contributed by atoms with E-state index >= 15 is 0 Å². The highest BCUT2D eigenvalue weighted by molar-refractivity contribution is 5.93. The highest BCUT2D eigenvalue weighted by Gasteiger charge is 2.18. The molecule has 2 heterocycles. The van der Waals surface area contributed by atoms with Gasteiger partial charge < -0.3 is 29.4 Å². The van der Waals surface area contributed by atoms with Crippen LogP contribution in [-0.2, 0) is 13.0 Å². The minimum absolute atomic E-state index is 0.0235. The third-order valence-corrected chi connectivity index (χ3v) is 6.39. The first-order valence-electron chi connectivity index (χ1n) is 12.5. The Morgan fingerprint density at radius 3 is 2.51 bits per heavy atom. The molecule has 0 atom stereocenters. The molecule has 0 saturated carbocycles. The molecule has 210 valence electrons. The number of aromatic amines is 1. The van der Waals surface area contributed by atoms with E-state index < -0.39 is 23.1 Å². The Hall–Kier alpha value is -5.26. The van der Waals surface area contributed by atoms with Gasteiger partial charge in [-0.15, -0.1) is 0 Å². The van der Waals surface area contributed by atoms with Crippen molar-refractivity contribution in [2.75, 3.05) is 13.7 Å². The maximum absolute atomic E-state index is 14.7. The molecular formula is C29H24F2N4O6. The number of halogens is 2. The van der Waals surface area contributed by atoms with Gasteiger partial charge in [-0.05, 0) is 53.0 Å². The Labute approximate surface area is 231 Å². The summed E-state index contributed by atoms with van der Waals surface area (Å²) in [5.41, 5.74) is 1.99. The number of benzene rings is 3. The fourth-order valence-corrected chi connectivity index (χ4v) is 4.31. The summed E-state index contributed by atoms with van der Waals surface area (Å²) >= 11 is 0. The van der Waals surface area contributed by atoms with E-state index in [9.17, 15) is 23.5 Å². The molecule has 3 N–H and O–H groups in total. The molecule has 0 saturated heterocycles. The molecule has 10 nitrogen and oxygen atoms in total. The van der Waals surface area contributed by atoms with Crippen LogP contribution in [0, 0.1) is 18.6 Å². The van der Waals surface area contributed by atoms with E-state index in [1.54, 1.807) is 19.1 Å². The summed E-state index contributed by atoms with van der Waals surface area (Å²) in [7, 11) is 1.33. The van der Waals surface area contributed by atoms with E-state index in [1.807, 2.05) is 12.1 Å². The first-order valence-corrected chi connectivity index (χ1v) is 12.5. The Morgan fingerprint density at radius 1 is 1.07 bits per heavy atom. The van der Waals surface area contributed by atoms with Crippen LogP contribution in [0.1, 0.15) is 27.5 Å². The number of ether oxygens (including phenoxy) is 2. The van der Waals surface area contributed by atoms with E-state index in [-0.39, 0.29) is 47.3 Å². The maximum atomic E-state index is 14.7. The second-order valence-electron chi connectivity index (χ2n) is 9.07. The van der Waals surface area contributed by atoms with Gasteiger partial charge in [0.05, 0.1) is 24.8 Å². The lowest BCUT2D eigenvalue weighted by molar-refractivity contribution is 0.0940. The predicted octanol–water partition coefficient (Wildman–Crippen LogP) is 4.43. The minimum atomic E-state index is -0.749. The first-order chi connectivity index (χ1) is 19.7. The topological polar surface area (TPSA) is 140 Å². The molecule has 2 aromatic heterocycles. The summed E-state index contributed by atoms with van der Waals surface area (Å²) in [5.74, 6) is -2.20. The third-order valence-electron chi connectivity index (χ3n) is 6.39. The number of amides is 1. The summed E-state index contributed by atoms with van der Waals surface area (Å²) in [4.78, 5) is 32.1. The number of aryl methyl sites for hydroxylation is 1. The van der Waals surface area contributed by atoms with Gasteiger partial charge in [-0.25, -0.2) is 13.8 Å². The zero-order chi connectivity index (χ0) is 29.1. The van der Waals surface area contributed by atoms with Gasteiger partial charge >= 0.3 is 0 Å². The van der Waals surface area contributed by atoms with Crippen LogP contribution in [0.25, 0.3) is 22.0 Å². The molecule has 0 unspecified atom stereocenters. The van der Waals surface area contributed by atoms with Crippen LogP contribution in [-0.4, -0.2) is 39.9 Å². The van der Waals surface area contributed by atoms with E-state index in [4.69, 9.17) is 14.0 Å². The monoisotopic (exact) mass is 562 g/mol. The van der Waals surface area contributed by atoms with Crippen molar-refractivity contribution in [2.24, 2.45) is 0 Å². The number of hydrogen-bond acceptors (Lipinski definition) is 8. The van der Waals surface area contributed by atoms with Gasteiger partial charge in [-0.3, -0.25) is 9.59 Å². The van der Waals surface area contributed by atoms with Gasteiger partial charge in [0.25, 0.3) is 17.3 Å². The van der Waals surface area contributed by atoms with Gasteiger partial charge in [-0.2, -0.15) is 0 Å². The number of aromatic hydroxyl groups is 1. The number of rotatable bonds is 9. The van der Waals surface area contributed by atoms with Crippen LogP contribution in [0.2, 0.25) is 0 Å². The van der Waals surface area contributed by atoms with Crippen LogP contribution < -0.4 is 20.3 Å². The predicted molar refractivity (Wildman–Crippen MR) is 144 cm³/mol. The SMILES string of the molecule is COc1cc(CNC(=O)c2nc3ccc(F)c(OCCc4ccc(-c5c(O)noc5C)cc4)c3c(=O)[nH]2)ccc1F. The molecule has 41 heavy (non-hydrogen) atoms. The summed E-state index contributed by atoms with van der Waals surface area (Å²) in [5, 5.41) is 15.9. The number of H-pyrrole nitrogens is 1. The molecular weight excluding hydrogens is 538 g/mol. The van der Waals surface area contributed by atoms with Gasteiger partial charge in [-0.1, -0.05) is 30.3 Å². The van der Waals surface area contributed by atoms with Gasteiger partial charge in [0, 0.05) is 13.0 Å². The number of methoxy groups -OCH3 is 1. The number of carbonyl (C=O) groups excluding carboxylic acids is 1. The van der Waals surface area contributed by atoms with E-state index in [0.717, 1.165) is 17.2 Å². The normalized spacial score (nSPS) is 11.0. The van der Waals surface area contributed by atoms with Gasteiger partial charge in [0.15, 0.2) is 29.0 Å². The summed E-state index contributed by atoms with van der Waals surface area (Å²) in [6.45, 7) is 1.77. The molecule has 5 aromatic rings. The summed E-state index contributed by atoms with van der Waals surface area (Å²) in [6, 6.07) is 13.8.